The molecule has 3 N–H and O–H groups in total. The molecule has 0 radical (unpaired) electrons. The van der Waals surface area contributed by atoms with E-state index in [0.717, 1.165) is 0 Å². The van der Waals surface area contributed by atoms with E-state index >= 15 is 0 Å². The van der Waals surface area contributed by atoms with Crippen LogP contribution >= 0.6 is 0 Å². The first-order valence-electron chi connectivity index (χ1n) is 2.34. The van der Waals surface area contributed by atoms with Crippen LogP contribution in [0.5, 0.6) is 0 Å². The topological polar surface area (TPSA) is 85.9 Å². The normalized spacial score (nSPS) is 6.90. The van der Waals surface area contributed by atoms with Crippen LogP contribution in [0.4, 0.5) is 0 Å². The average Bonchev–Trinajstić information content (AvgIpc) is 1.61. The van der Waals surface area contributed by atoms with Gasteiger partial charge in [0, 0.05) is 6.42 Å². The quantitative estimate of drug-likeness (QED) is 0.455. The molecule has 0 atom stereocenters. The monoisotopic (exact) mass is 174 g/mol. The zero-order valence-corrected chi connectivity index (χ0v) is 9.30. The largest absolute Gasteiger partial charge is 1.00 e. The number of aliphatic carboxylic acids is 1. The maximum atomic E-state index is 10.1. The van der Waals surface area contributed by atoms with Crippen molar-refractivity contribution in [2.24, 2.45) is 0 Å². The zero-order valence-electron chi connectivity index (χ0n) is 7.18. The Balaban J connectivity index is -0.0000000817. The van der Waals surface area contributed by atoms with Gasteiger partial charge in [-0.15, -0.1) is 0 Å². The van der Waals surface area contributed by atoms with Crippen LogP contribution < -0.4 is 51.4 Å². The Labute approximate surface area is 103 Å². The maximum Gasteiger partial charge on any atom is 1.00 e. The molecular formula is C5H11KO4. The van der Waals surface area contributed by atoms with E-state index in [0.29, 0.717) is 0 Å². The van der Waals surface area contributed by atoms with E-state index in [9.17, 15) is 9.59 Å². The number of carboxylic acids is 1. The zero-order chi connectivity index (χ0) is 6.57. The molecule has 5 heteroatoms. The third-order valence-electron chi connectivity index (χ3n) is 0.691. The van der Waals surface area contributed by atoms with Crippen LogP contribution in [0.2, 0.25) is 0 Å². The summed E-state index contributed by atoms with van der Waals surface area (Å²) in [6.45, 7) is 1.38. The van der Waals surface area contributed by atoms with Gasteiger partial charge >= 0.3 is 57.4 Å². The number of rotatable bonds is 3. The summed E-state index contributed by atoms with van der Waals surface area (Å²) < 4.78 is 0. The predicted octanol–water partition coefficient (Wildman–Crippen LogP) is -3.27. The SMILES string of the molecule is CC(=O)CCC(=O)O.O.[H-].[K+]. The minimum Gasteiger partial charge on any atom is -1.00 e. The summed E-state index contributed by atoms with van der Waals surface area (Å²) in [6, 6.07) is 0. The molecule has 0 rings (SSSR count). The van der Waals surface area contributed by atoms with Crippen molar-refractivity contribution in [3.8, 4) is 0 Å². The molecule has 10 heavy (non-hydrogen) atoms. The molecule has 0 amide bonds. The smallest absolute Gasteiger partial charge is 1.00 e. The third-order valence-corrected chi connectivity index (χ3v) is 0.691. The molecule has 0 unspecified atom stereocenters. The van der Waals surface area contributed by atoms with Crippen molar-refractivity contribution in [3.63, 3.8) is 0 Å². The fourth-order valence-electron chi connectivity index (χ4n) is 0.283. The Morgan fingerprint density at radius 2 is 1.80 bits per heavy atom. The van der Waals surface area contributed by atoms with Crippen LogP contribution in [-0.4, -0.2) is 22.3 Å². The first-order valence-corrected chi connectivity index (χ1v) is 2.34. The summed E-state index contributed by atoms with van der Waals surface area (Å²) in [5.41, 5.74) is 0. The van der Waals surface area contributed by atoms with Crippen LogP contribution in [0.25, 0.3) is 0 Å². The maximum absolute atomic E-state index is 10.1. The van der Waals surface area contributed by atoms with E-state index in [1.807, 2.05) is 0 Å². The molecule has 0 aromatic rings. The molecule has 0 aliphatic heterocycles. The van der Waals surface area contributed by atoms with Gasteiger partial charge in [-0.05, 0) is 6.92 Å². The van der Waals surface area contributed by atoms with Crippen molar-refractivity contribution in [3.05, 3.63) is 0 Å². The Hall–Kier alpha value is 0.736. The van der Waals surface area contributed by atoms with E-state index < -0.39 is 5.97 Å². The van der Waals surface area contributed by atoms with Crippen molar-refractivity contribution in [2.45, 2.75) is 19.8 Å². The van der Waals surface area contributed by atoms with Crippen LogP contribution in [-0.2, 0) is 9.59 Å². The van der Waals surface area contributed by atoms with Crippen LogP contribution in [0, 0.1) is 0 Å². The molecule has 0 fully saturated rings. The number of carbonyl (C=O) groups excluding carboxylic acids is 1. The van der Waals surface area contributed by atoms with Gasteiger partial charge in [0.05, 0.1) is 6.42 Å². The van der Waals surface area contributed by atoms with E-state index in [1.165, 1.54) is 6.92 Å². The predicted molar refractivity (Wildman–Crippen MR) is 32.3 cm³/mol. The van der Waals surface area contributed by atoms with Gasteiger partial charge in [0.2, 0.25) is 0 Å². The summed E-state index contributed by atoms with van der Waals surface area (Å²) >= 11 is 0. The molecule has 0 saturated carbocycles. The Kier molecular flexibility index (Phi) is 16.6. The summed E-state index contributed by atoms with van der Waals surface area (Å²) in [4.78, 5) is 19.8. The molecule has 0 aromatic heterocycles. The number of hydrogen-bond donors (Lipinski definition) is 1. The van der Waals surface area contributed by atoms with E-state index in [1.54, 1.807) is 0 Å². The van der Waals surface area contributed by atoms with Crippen molar-refractivity contribution >= 4 is 11.8 Å². The Morgan fingerprint density at radius 3 is 1.90 bits per heavy atom. The Morgan fingerprint density at radius 1 is 1.40 bits per heavy atom. The van der Waals surface area contributed by atoms with Gasteiger partial charge in [0.25, 0.3) is 0 Å². The molecule has 56 valence electrons. The third kappa shape index (κ3) is 15.9. The van der Waals surface area contributed by atoms with Gasteiger partial charge in [0.1, 0.15) is 5.78 Å². The van der Waals surface area contributed by atoms with E-state index in [4.69, 9.17) is 5.11 Å². The van der Waals surface area contributed by atoms with Gasteiger partial charge in [-0.3, -0.25) is 4.79 Å². The van der Waals surface area contributed by atoms with Gasteiger partial charge in [-0.25, -0.2) is 0 Å². The van der Waals surface area contributed by atoms with Crippen molar-refractivity contribution in [2.75, 3.05) is 0 Å². The van der Waals surface area contributed by atoms with Gasteiger partial charge < -0.3 is 16.8 Å². The van der Waals surface area contributed by atoms with E-state index in [2.05, 4.69) is 0 Å². The molecule has 0 heterocycles. The second kappa shape index (κ2) is 9.74. The molecule has 0 bridgehead atoms. The van der Waals surface area contributed by atoms with Gasteiger partial charge in [-0.2, -0.15) is 0 Å². The minimum atomic E-state index is -0.916. The summed E-state index contributed by atoms with van der Waals surface area (Å²) in [5.74, 6) is -0.993. The van der Waals surface area contributed by atoms with Crippen LogP contribution in [0.15, 0.2) is 0 Å². The van der Waals surface area contributed by atoms with Crippen molar-refractivity contribution in [1.82, 2.24) is 0 Å². The first-order chi connectivity index (χ1) is 3.63. The fraction of sp³-hybridized carbons (Fsp3) is 0.600. The second-order valence-electron chi connectivity index (χ2n) is 1.60. The second-order valence-corrected chi connectivity index (χ2v) is 1.60. The first kappa shape index (κ1) is 17.0. The standard InChI is InChI=1S/C5H8O3.K.H2O.H/c1-4(6)2-3-5(7)8;;;/h2-3H2,1H3,(H,7,8);;1H2;/q;+1;;-1. The molecule has 0 aliphatic rings. The molecule has 0 spiro atoms. The molecule has 0 saturated heterocycles. The molecule has 4 nitrogen and oxygen atoms in total. The van der Waals surface area contributed by atoms with Crippen molar-refractivity contribution in [1.29, 1.82) is 0 Å². The molecule has 0 aliphatic carbocycles. The average molecular weight is 174 g/mol. The van der Waals surface area contributed by atoms with Gasteiger partial charge in [-0.1, -0.05) is 0 Å². The number of carbonyl (C=O) groups is 2. The molecular weight excluding hydrogens is 163 g/mol. The van der Waals surface area contributed by atoms with Crippen LogP contribution in [0.3, 0.4) is 0 Å². The van der Waals surface area contributed by atoms with Crippen molar-refractivity contribution < 1.29 is 73.0 Å². The van der Waals surface area contributed by atoms with E-state index in [-0.39, 0.29) is 76.9 Å². The summed E-state index contributed by atoms with van der Waals surface area (Å²) in [6.07, 6.45) is 0.102. The Bertz CT molecular complexity index is 103. The minimum absolute atomic E-state index is 0. The number of Topliss-reactive ketones (excluding diaryl/α,β-unsaturated/α-hetero) is 1. The fourth-order valence-corrected chi connectivity index (χ4v) is 0.283. The summed E-state index contributed by atoms with van der Waals surface area (Å²) in [5, 5.41) is 8.01. The molecule has 0 aromatic carbocycles. The summed E-state index contributed by atoms with van der Waals surface area (Å²) in [7, 11) is 0. The number of ketones is 1. The van der Waals surface area contributed by atoms with Crippen LogP contribution in [0.1, 0.15) is 21.2 Å². The number of hydrogen-bond acceptors (Lipinski definition) is 2. The number of carboxylic acid groups (broad SMARTS) is 1. The van der Waals surface area contributed by atoms with Gasteiger partial charge in [0.15, 0.2) is 0 Å².